The summed E-state index contributed by atoms with van der Waals surface area (Å²) in [7, 11) is 0. The van der Waals surface area contributed by atoms with Crippen molar-refractivity contribution in [3.05, 3.63) is 143 Å². The van der Waals surface area contributed by atoms with Crippen molar-refractivity contribution in [2.45, 2.75) is 58.9 Å². The lowest BCUT2D eigenvalue weighted by atomic mass is 9.91. The molecule has 1 unspecified atom stereocenters. The minimum absolute atomic E-state index is 0.0570. The summed E-state index contributed by atoms with van der Waals surface area (Å²) in [5, 5.41) is 49.6. The number of aliphatic hydroxyl groups is 1. The predicted molar refractivity (Wildman–Crippen MR) is 288 cm³/mol. The number of nitrogens with zero attached hydrogens (tertiary/aromatic N) is 8. The maximum absolute atomic E-state index is 9.37. The second-order valence-corrected chi connectivity index (χ2v) is 17.6. The number of guanidine groups is 1. The summed E-state index contributed by atoms with van der Waals surface area (Å²) in [5.41, 5.74) is 7.90. The largest absolute Gasteiger partial charge is 0.395 e. The van der Waals surface area contributed by atoms with Gasteiger partial charge in [0.25, 0.3) is 0 Å². The van der Waals surface area contributed by atoms with Crippen LogP contribution in [-0.2, 0) is 0 Å². The van der Waals surface area contributed by atoms with E-state index < -0.39 is 5.54 Å². The van der Waals surface area contributed by atoms with E-state index >= 15 is 0 Å². The summed E-state index contributed by atoms with van der Waals surface area (Å²) < 4.78 is 0. The van der Waals surface area contributed by atoms with Crippen LogP contribution in [0.5, 0.6) is 0 Å². The van der Waals surface area contributed by atoms with Crippen molar-refractivity contribution in [1.82, 2.24) is 45.4 Å². The molecule has 0 saturated carbocycles. The summed E-state index contributed by atoms with van der Waals surface area (Å²) in [6.45, 7) is 11.3. The van der Waals surface area contributed by atoms with E-state index in [1.54, 1.807) is 0 Å². The van der Waals surface area contributed by atoms with Gasteiger partial charge in [-0.2, -0.15) is 29.9 Å². The monoisotopic (exact) mass is 954 g/mol. The summed E-state index contributed by atoms with van der Waals surface area (Å²) in [6, 6.07) is 31.8. The van der Waals surface area contributed by atoms with E-state index in [9.17, 15) is 5.11 Å². The molecular weight excluding hydrogens is 891 g/mol. The van der Waals surface area contributed by atoms with Gasteiger partial charge >= 0.3 is 0 Å². The quantitative estimate of drug-likeness (QED) is 0.0207. The number of amidine groups is 1. The number of rotatable bonds is 19. The fraction of sp³-hybridized carbons (Fsp3) is 0.283. The van der Waals surface area contributed by atoms with Crippen molar-refractivity contribution in [3.8, 4) is 0 Å². The van der Waals surface area contributed by atoms with Crippen LogP contribution in [-0.4, -0.2) is 96.6 Å². The molecule has 1 atom stereocenters. The summed E-state index contributed by atoms with van der Waals surface area (Å²) in [4.78, 5) is 32.7. The highest BCUT2D eigenvalue weighted by Crippen LogP contribution is 2.28. The van der Waals surface area contributed by atoms with Gasteiger partial charge in [0.2, 0.25) is 35.7 Å². The number of hydrogen-bond acceptors (Lipinski definition) is 16. The third-order valence-corrected chi connectivity index (χ3v) is 12.3. The van der Waals surface area contributed by atoms with Gasteiger partial charge in [0.15, 0.2) is 5.96 Å². The molecule has 3 heterocycles. The topological polar surface area (TPSA) is 236 Å². The lowest BCUT2D eigenvalue weighted by molar-refractivity contribution is 0.140. The smallest absolute Gasteiger partial charge is 0.233 e. The minimum Gasteiger partial charge on any atom is -0.395 e. The van der Waals surface area contributed by atoms with Crippen LogP contribution < -0.4 is 42.1 Å². The number of benzene rings is 4. The fourth-order valence-electron chi connectivity index (χ4n) is 8.44. The summed E-state index contributed by atoms with van der Waals surface area (Å²) in [5.74, 6) is 2.85. The molecule has 18 nitrogen and oxygen atoms in total. The van der Waals surface area contributed by atoms with Crippen LogP contribution in [0.1, 0.15) is 61.8 Å². The van der Waals surface area contributed by atoms with Gasteiger partial charge in [0.05, 0.1) is 12.1 Å². The van der Waals surface area contributed by atoms with E-state index in [4.69, 9.17) is 25.8 Å². The molecule has 0 spiro atoms. The van der Waals surface area contributed by atoms with Crippen molar-refractivity contribution < 1.29 is 5.11 Å². The molecule has 0 radical (unpaired) electrons. The van der Waals surface area contributed by atoms with Crippen LogP contribution in [0.15, 0.2) is 121 Å². The molecule has 2 aromatic heterocycles. The Morgan fingerprint density at radius 1 is 0.662 bits per heavy atom. The first-order valence-corrected chi connectivity index (χ1v) is 24.1. The number of nitrogens with one attached hydrogen (secondary N) is 9. The molecular formula is C53H63N17O. The zero-order chi connectivity index (χ0) is 49.6. The average Bonchev–Trinajstić information content (AvgIpc) is 3.37. The Balaban J connectivity index is 0.934. The predicted octanol–water partition coefficient (Wildman–Crippen LogP) is 9.23. The van der Waals surface area contributed by atoms with Gasteiger partial charge in [0, 0.05) is 61.2 Å². The first kappa shape index (κ1) is 49.2. The van der Waals surface area contributed by atoms with Gasteiger partial charge in [-0.25, -0.2) is 0 Å². The molecule has 1 aliphatic carbocycles. The SMILES string of the molecule is CCCC(C)(C(=N)NC(=N)NC1=CCCC=C1)N1CCN(c2nc(Nc3ccccc3)nc(Nc3ccc(C=Cc4ccc(Nc5nc(NCCO)nc(Nc6ccccc6)n5)cc4C)c(C)c3)n2)CC1. The standard InChI is InChI=1S/C53H63N17O/c1-5-27-53(4,45(54)62-46(55)57-40-15-9-6-10-16-40)70-31-29-69(30-32-70)52-67-50(59-42-19-13-8-14-20-42)66-51(68-52)61-44-26-24-39(37(3)35-44)22-21-38-23-25-43(34-36(38)2)60-49-64-47(56-28-33-71)63-48(65-49)58-41-17-11-7-12-18-41/h7-9,11-26,34-35,71H,5-6,10,27-33H2,1-4H3,(H4,54,55,57,62)(H2,59,61,66,67,68)(H3,56,58,60,63,64,65). The van der Waals surface area contributed by atoms with Crippen molar-refractivity contribution in [2.24, 2.45) is 0 Å². The zero-order valence-corrected chi connectivity index (χ0v) is 40.7. The van der Waals surface area contributed by atoms with Gasteiger partial charge in [-0.05, 0) is 117 Å². The molecule has 18 heteroatoms. The molecule has 0 bridgehead atoms. The number of allylic oxidation sites excluding steroid dienone is 3. The van der Waals surface area contributed by atoms with Gasteiger partial charge in [-0.15, -0.1) is 0 Å². The normalized spacial score (nSPS) is 14.5. The van der Waals surface area contributed by atoms with Gasteiger partial charge in [-0.3, -0.25) is 15.7 Å². The van der Waals surface area contributed by atoms with Gasteiger partial charge in [0.1, 0.15) is 5.84 Å². The van der Waals surface area contributed by atoms with Crippen LogP contribution in [0.3, 0.4) is 0 Å². The first-order valence-electron chi connectivity index (χ1n) is 24.1. The summed E-state index contributed by atoms with van der Waals surface area (Å²) in [6.07, 6.45) is 14.0. The van der Waals surface area contributed by atoms with E-state index in [2.05, 4.69) is 132 Å². The number of anilines is 10. The number of aryl methyl sites for hydroxylation is 2. The van der Waals surface area contributed by atoms with Gasteiger partial charge in [-0.1, -0.05) is 86.2 Å². The highest BCUT2D eigenvalue weighted by Gasteiger charge is 2.38. The molecule has 366 valence electrons. The summed E-state index contributed by atoms with van der Waals surface area (Å²) >= 11 is 0. The molecule has 2 aliphatic rings. The maximum atomic E-state index is 9.37. The van der Waals surface area contributed by atoms with Crippen molar-refractivity contribution in [3.63, 3.8) is 0 Å². The molecule has 1 saturated heterocycles. The number of aromatic nitrogens is 6. The molecule has 1 aliphatic heterocycles. The number of hydrogen-bond donors (Lipinski definition) is 10. The second kappa shape index (κ2) is 23.4. The number of piperazine rings is 1. The van der Waals surface area contributed by atoms with Gasteiger partial charge < -0.3 is 47.2 Å². The van der Waals surface area contributed by atoms with Crippen molar-refractivity contribution in [2.75, 3.05) is 70.8 Å². The third kappa shape index (κ3) is 13.3. The first-order chi connectivity index (χ1) is 34.5. The molecule has 10 N–H and O–H groups in total. The zero-order valence-electron chi connectivity index (χ0n) is 40.7. The molecule has 4 aromatic carbocycles. The average molecular weight is 954 g/mol. The van der Waals surface area contributed by atoms with E-state index in [1.807, 2.05) is 84.9 Å². The Kier molecular flexibility index (Phi) is 16.2. The van der Waals surface area contributed by atoms with Crippen LogP contribution in [0.2, 0.25) is 0 Å². The molecule has 0 amide bonds. The molecule has 6 aromatic rings. The third-order valence-electron chi connectivity index (χ3n) is 12.3. The molecule has 8 rings (SSSR count). The van der Waals surface area contributed by atoms with Crippen LogP contribution in [0.4, 0.5) is 58.4 Å². The number of para-hydroxylation sites is 2. The van der Waals surface area contributed by atoms with Crippen molar-refractivity contribution >= 4 is 82.4 Å². The van der Waals surface area contributed by atoms with E-state index in [0.717, 1.165) is 76.4 Å². The minimum atomic E-state index is -0.591. The highest BCUT2D eigenvalue weighted by atomic mass is 16.3. The maximum Gasteiger partial charge on any atom is 0.233 e. The lowest BCUT2D eigenvalue weighted by Crippen LogP contribution is -2.63. The van der Waals surface area contributed by atoms with Crippen molar-refractivity contribution in [1.29, 1.82) is 10.8 Å². The Hall–Kier alpha value is -8.22. The van der Waals surface area contributed by atoms with Crippen LogP contribution in [0, 0.1) is 24.7 Å². The van der Waals surface area contributed by atoms with Crippen LogP contribution >= 0.6 is 0 Å². The van der Waals surface area contributed by atoms with Crippen LogP contribution in [0.25, 0.3) is 12.2 Å². The van der Waals surface area contributed by atoms with E-state index in [-0.39, 0.29) is 12.6 Å². The molecule has 1 fully saturated rings. The Bertz CT molecular complexity index is 2880. The van der Waals surface area contributed by atoms with E-state index in [1.165, 1.54) is 0 Å². The Morgan fingerprint density at radius 2 is 1.18 bits per heavy atom. The molecule has 71 heavy (non-hydrogen) atoms. The lowest BCUT2D eigenvalue weighted by Gasteiger charge is -2.46. The Labute approximate surface area is 415 Å². The van der Waals surface area contributed by atoms with E-state index in [0.29, 0.717) is 74.2 Å². The highest BCUT2D eigenvalue weighted by molar-refractivity contribution is 6.02. The second-order valence-electron chi connectivity index (χ2n) is 17.6. The Morgan fingerprint density at radius 3 is 1.68 bits per heavy atom. The fourth-order valence-corrected chi connectivity index (χ4v) is 8.44. The number of aliphatic hydroxyl groups excluding tert-OH is 1.